The smallest absolute Gasteiger partial charge is 0.120 e. The van der Waals surface area contributed by atoms with E-state index >= 15 is 0 Å². The van der Waals surface area contributed by atoms with Gasteiger partial charge < -0.3 is 4.79 Å². The Balaban J connectivity index is 2.58. The Labute approximate surface area is 87.6 Å². The summed E-state index contributed by atoms with van der Waals surface area (Å²) < 4.78 is 0. The van der Waals surface area contributed by atoms with E-state index in [1.54, 1.807) is 0 Å². The molecule has 0 heterocycles. The normalized spacial score (nSPS) is 27.1. The van der Waals surface area contributed by atoms with Crippen molar-refractivity contribution in [3.05, 3.63) is 11.6 Å². The maximum absolute atomic E-state index is 10.3. The van der Waals surface area contributed by atoms with Crippen LogP contribution in [0.4, 0.5) is 0 Å². The van der Waals surface area contributed by atoms with Crippen LogP contribution >= 0.6 is 0 Å². The molecule has 1 aliphatic carbocycles. The molecule has 1 heteroatoms. The van der Waals surface area contributed by atoms with Gasteiger partial charge in [0.2, 0.25) is 0 Å². The SMILES string of the molecule is CC1=CCC(C(C)CCC=O)C1(C)C. The van der Waals surface area contributed by atoms with Gasteiger partial charge in [-0.1, -0.05) is 32.4 Å². The van der Waals surface area contributed by atoms with E-state index in [0.29, 0.717) is 17.8 Å². The number of carbonyl (C=O) groups excluding carboxylic acids is 1. The van der Waals surface area contributed by atoms with Crippen molar-refractivity contribution in [1.82, 2.24) is 0 Å². The Kier molecular flexibility index (Phi) is 3.52. The average Bonchev–Trinajstić information content (AvgIpc) is 2.38. The van der Waals surface area contributed by atoms with Crippen molar-refractivity contribution >= 4 is 6.29 Å². The molecule has 0 radical (unpaired) electrons. The number of allylic oxidation sites excluding steroid dienone is 2. The zero-order valence-corrected chi connectivity index (χ0v) is 9.84. The van der Waals surface area contributed by atoms with Crippen LogP contribution in [0.5, 0.6) is 0 Å². The predicted octanol–water partition coefficient (Wildman–Crippen LogP) is 3.59. The van der Waals surface area contributed by atoms with Crippen molar-refractivity contribution in [1.29, 1.82) is 0 Å². The van der Waals surface area contributed by atoms with E-state index in [9.17, 15) is 4.79 Å². The van der Waals surface area contributed by atoms with Gasteiger partial charge in [0.1, 0.15) is 6.29 Å². The van der Waals surface area contributed by atoms with Gasteiger partial charge in [-0.05, 0) is 37.0 Å². The van der Waals surface area contributed by atoms with Crippen LogP contribution in [0, 0.1) is 17.3 Å². The molecular formula is C13H22O. The molecule has 2 atom stereocenters. The van der Waals surface area contributed by atoms with Crippen LogP contribution in [0.2, 0.25) is 0 Å². The first-order valence-electron chi connectivity index (χ1n) is 5.61. The standard InChI is InChI=1S/C13H22O/c1-10(6-5-9-14)12-8-7-11(2)13(12,3)4/h7,9-10,12H,5-6,8H2,1-4H3. The molecule has 2 unspecified atom stereocenters. The van der Waals surface area contributed by atoms with Crippen molar-refractivity contribution in [2.45, 2.75) is 47.0 Å². The molecule has 0 N–H and O–H groups in total. The van der Waals surface area contributed by atoms with Crippen molar-refractivity contribution in [3.63, 3.8) is 0 Å². The van der Waals surface area contributed by atoms with Crippen molar-refractivity contribution in [3.8, 4) is 0 Å². The van der Waals surface area contributed by atoms with E-state index in [1.807, 2.05) is 0 Å². The summed E-state index contributed by atoms with van der Waals surface area (Å²) in [5, 5.41) is 0. The minimum Gasteiger partial charge on any atom is -0.303 e. The first-order chi connectivity index (χ1) is 6.50. The number of hydrogen-bond acceptors (Lipinski definition) is 1. The fourth-order valence-electron chi connectivity index (χ4n) is 2.63. The summed E-state index contributed by atoms with van der Waals surface area (Å²) in [6, 6.07) is 0. The van der Waals surface area contributed by atoms with Gasteiger partial charge in [-0.15, -0.1) is 0 Å². The molecule has 0 fully saturated rings. The van der Waals surface area contributed by atoms with Gasteiger partial charge >= 0.3 is 0 Å². The molecule has 0 aromatic carbocycles. The lowest BCUT2D eigenvalue weighted by atomic mass is 9.71. The quantitative estimate of drug-likeness (QED) is 0.493. The average molecular weight is 194 g/mol. The zero-order valence-electron chi connectivity index (χ0n) is 9.84. The Hall–Kier alpha value is -0.590. The van der Waals surface area contributed by atoms with Gasteiger partial charge in [-0.3, -0.25) is 0 Å². The zero-order chi connectivity index (χ0) is 10.8. The largest absolute Gasteiger partial charge is 0.303 e. The van der Waals surface area contributed by atoms with E-state index in [0.717, 1.165) is 18.6 Å². The molecule has 0 aromatic heterocycles. The number of aldehydes is 1. The molecule has 1 rings (SSSR count). The van der Waals surface area contributed by atoms with Crippen LogP contribution in [0.1, 0.15) is 47.0 Å². The third-order valence-corrected chi connectivity index (χ3v) is 4.05. The summed E-state index contributed by atoms with van der Waals surface area (Å²) >= 11 is 0. The van der Waals surface area contributed by atoms with E-state index in [2.05, 4.69) is 33.8 Å². The van der Waals surface area contributed by atoms with E-state index in [4.69, 9.17) is 0 Å². The summed E-state index contributed by atoms with van der Waals surface area (Å²) in [6.07, 6.45) is 6.35. The molecule has 80 valence electrons. The topological polar surface area (TPSA) is 17.1 Å². The van der Waals surface area contributed by atoms with E-state index in [-0.39, 0.29) is 0 Å². The van der Waals surface area contributed by atoms with Crippen LogP contribution in [-0.2, 0) is 4.79 Å². The minimum atomic E-state index is 0.336. The lowest BCUT2D eigenvalue weighted by Crippen LogP contribution is -2.26. The summed E-state index contributed by atoms with van der Waals surface area (Å²) in [4.78, 5) is 10.3. The molecule has 0 spiro atoms. The van der Waals surface area contributed by atoms with Crippen LogP contribution in [0.25, 0.3) is 0 Å². The van der Waals surface area contributed by atoms with Crippen LogP contribution in [0.3, 0.4) is 0 Å². The highest BCUT2D eigenvalue weighted by Crippen LogP contribution is 2.47. The minimum absolute atomic E-state index is 0.336. The predicted molar refractivity (Wildman–Crippen MR) is 60.1 cm³/mol. The van der Waals surface area contributed by atoms with Crippen molar-refractivity contribution in [2.75, 3.05) is 0 Å². The second kappa shape index (κ2) is 4.29. The molecule has 0 saturated carbocycles. The lowest BCUT2D eigenvalue weighted by molar-refractivity contribution is -0.108. The third-order valence-electron chi connectivity index (χ3n) is 4.05. The maximum Gasteiger partial charge on any atom is 0.120 e. The maximum atomic E-state index is 10.3. The fraction of sp³-hybridized carbons (Fsp3) is 0.769. The van der Waals surface area contributed by atoms with Gasteiger partial charge in [0, 0.05) is 6.42 Å². The Morgan fingerprint density at radius 1 is 1.64 bits per heavy atom. The molecule has 1 nitrogen and oxygen atoms in total. The molecule has 1 aliphatic rings. The van der Waals surface area contributed by atoms with Crippen molar-refractivity contribution < 1.29 is 4.79 Å². The van der Waals surface area contributed by atoms with Crippen LogP contribution in [0.15, 0.2) is 11.6 Å². The summed E-state index contributed by atoms with van der Waals surface area (Å²) in [6.45, 7) is 9.16. The highest BCUT2D eigenvalue weighted by Gasteiger charge is 2.37. The highest BCUT2D eigenvalue weighted by molar-refractivity contribution is 5.49. The molecule has 14 heavy (non-hydrogen) atoms. The number of hydrogen-bond donors (Lipinski definition) is 0. The van der Waals surface area contributed by atoms with Crippen molar-refractivity contribution in [2.24, 2.45) is 17.3 Å². The molecule has 0 saturated heterocycles. The molecular weight excluding hydrogens is 172 g/mol. The molecule has 0 aromatic rings. The second-order valence-electron chi connectivity index (χ2n) is 5.17. The van der Waals surface area contributed by atoms with E-state index in [1.165, 1.54) is 12.0 Å². The lowest BCUT2D eigenvalue weighted by Gasteiger charge is -2.34. The summed E-state index contributed by atoms with van der Waals surface area (Å²) in [5.74, 6) is 1.38. The monoisotopic (exact) mass is 194 g/mol. The van der Waals surface area contributed by atoms with Crippen LogP contribution < -0.4 is 0 Å². The third kappa shape index (κ3) is 2.08. The number of carbonyl (C=O) groups is 1. The van der Waals surface area contributed by atoms with Gasteiger partial charge in [-0.2, -0.15) is 0 Å². The Bertz CT molecular complexity index is 238. The molecule has 0 bridgehead atoms. The van der Waals surface area contributed by atoms with Gasteiger partial charge in [0.05, 0.1) is 0 Å². The number of rotatable bonds is 4. The fourth-order valence-corrected chi connectivity index (χ4v) is 2.63. The van der Waals surface area contributed by atoms with Crippen LogP contribution in [-0.4, -0.2) is 6.29 Å². The first-order valence-corrected chi connectivity index (χ1v) is 5.61. The van der Waals surface area contributed by atoms with E-state index < -0.39 is 0 Å². The first kappa shape index (κ1) is 11.5. The molecule has 0 amide bonds. The Morgan fingerprint density at radius 3 is 2.71 bits per heavy atom. The van der Waals surface area contributed by atoms with Gasteiger partial charge in [0.15, 0.2) is 0 Å². The second-order valence-corrected chi connectivity index (χ2v) is 5.17. The summed E-state index contributed by atoms with van der Waals surface area (Å²) in [5.41, 5.74) is 1.85. The van der Waals surface area contributed by atoms with Gasteiger partial charge in [-0.25, -0.2) is 0 Å². The summed E-state index contributed by atoms with van der Waals surface area (Å²) in [7, 11) is 0. The Morgan fingerprint density at radius 2 is 2.29 bits per heavy atom. The van der Waals surface area contributed by atoms with Gasteiger partial charge in [0.25, 0.3) is 0 Å². The highest BCUT2D eigenvalue weighted by atomic mass is 16.1. The molecule has 0 aliphatic heterocycles.